The Bertz CT molecular complexity index is 928. The molecule has 9 heteroatoms. The number of hydrogen-bond acceptors (Lipinski definition) is 4. The number of halogens is 3. The molecule has 6 nitrogen and oxygen atoms in total. The van der Waals surface area contributed by atoms with Crippen molar-refractivity contribution < 1.29 is 22.5 Å². The molecule has 130 valence electrons. The van der Waals surface area contributed by atoms with E-state index in [1.54, 1.807) is 19.9 Å². The lowest BCUT2D eigenvalue weighted by Gasteiger charge is -2.11. The van der Waals surface area contributed by atoms with Gasteiger partial charge in [0.1, 0.15) is 5.82 Å². The van der Waals surface area contributed by atoms with E-state index in [9.17, 15) is 18.0 Å². The lowest BCUT2D eigenvalue weighted by Crippen LogP contribution is -2.15. The van der Waals surface area contributed by atoms with Crippen LogP contribution in [0.1, 0.15) is 27.5 Å². The van der Waals surface area contributed by atoms with Crippen molar-refractivity contribution in [3.05, 3.63) is 59.1 Å². The second-order valence-corrected chi connectivity index (χ2v) is 5.42. The molecule has 2 aromatic heterocycles. The maximum Gasteiger partial charge on any atom is 0.416 e. The number of nitrogens with one attached hydrogen (secondary N) is 1. The molecule has 0 spiro atoms. The Morgan fingerprint density at radius 3 is 2.56 bits per heavy atom. The highest BCUT2D eigenvalue weighted by molar-refractivity contribution is 6.01. The number of carbonyl (C=O) groups is 1. The minimum Gasteiger partial charge on any atom is -0.351 e. The van der Waals surface area contributed by atoms with Crippen LogP contribution in [0.3, 0.4) is 0 Å². The Kier molecular flexibility index (Phi) is 4.07. The van der Waals surface area contributed by atoms with Gasteiger partial charge in [-0.2, -0.15) is 18.3 Å². The number of amides is 1. The van der Waals surface area contributed by atoms with E-state index < -0.39 is 17.6 Å². The summed E-state index contributed by atoms with van der Waals surface area (Å²) < 4.78 is 44.8. The number of nitrogens with zero attached hydrogens (tertiary/aromatic N) is 3. The van der Waals surface area contributed by atoms with Gasteiger partial charge >= 0.3 is 6.18 Å². The first-order chi connectivity index (χ1) is 11.7. The summed E-state index contributed by atoms with van der Waals surface area (Å²) >= 11 is 0. The van der Waals surface area contributed by atoms with Crippen molar-refractivity contribution >= 4 is 11.7 Å². The van der Waals surface area contributed by atoms with E-state index >= 15 is 0 Å². The fraction of sp³-hybridized carbons (Fsp3) is 0.188. The second-order valence-electron chi connectivity index (χ2n) is 5.42. The third-order valence-corrected chi connectivity index (χ3v) is 3.34. The van der Waals surface area contributed by atoms with E-state index in [1.165, 1.54) is 22.9 Å². The number of aryl methyl sites for hydroxylation is 2. The molecule has 25 heavy (non-hydrogen) atoms. The van der Waals surface area contributed by atoms with Gasteiger partial charge in [0.25, 0.3) is 5.91 Å². The predicted octanol–water partition coefficient (Wildman–Crippen LogP) is 3.75. The maximum atomic E-state index is 12.9. The Balaban J connectivity index is 1.95. The van der Waals surface area contributed by atoms with Crippen molar-refractivity contribution in [1.82, 2.24) is 14.9 Å². The van der Waals surface area contributed by atoms with Gasteiger partial charge in [-0.25, -0.2) is 4.68 Å². The van der Waals surface area contributed by atoms with Crippen molar-refractivity contribution in [3.8, 4) is 5.69 Å². The number of carbonyl (C=O) groups excluding carboxylic acids is 1. The zero-order chi connectivity index (χ0) is 18.2. The van der Waals surface area contributed by atoms with E-state index in [2.05, 4.69) is 15.6 Å². The zero-order valence-electron chi connectivity index (χ0n) is 13.3. The van der Waals surface area contributed by atoms with Crippen LogP contribution in [0, 0.1) is 13.8 Å². The molecule has 3 rings (SSSR count). The Morgan fingerprint density at radius 1 is 1.16 bits per heavy atom. The van der Waals surface area contributed by atoms with Crippen LogP contribution >= 0.6 is 0 Å². The molecule has 0 aliphatic heterocycles. The summed E-state index contributed by atoms with van der Waals surface area (Å²) in [4.78, 5) is 12.2. The number of benzene rings is 1. The van der Waals surface area contributed by atoms with E-state index in [4.69, 9.17) is 4.52 Å². The maximum absolute atomic E-state index is 12.9. The second kappa shape index (κ2) is 6.08. The number of alkyl halides is 3. The molecule has 1 N–H and O–H groups in total. The van der Waals surface area contributed by atoms with Crippen molar-refractivity contribution in [1.29, 1.82) is 0 Å². The summed E-state index contributed by atoms with van der Waals surface area (Å²) in [6.45, 7) is 3.33. The average molecular weight is 350 g/mol. The third-order valence-electron chi connectivity index (χ3n) is 3.34. The molecule has 0 radical (unpaired) electrons. The summed E-state index contributed by atoms with van der Waals surface area (Å²) in [5.41, 5.74) is 0.433. The number of aromatic nitrogens is 3. The highest BCUT2D eigenvalue weighted by atomic mass is 19.4. The number of rotatable bonds is 3. The summed E-state index contributed by atoms with van der Waals surface area (Å²) in [7, 11) is 0. The van der Waals surface area contributed by atoms with Crippen LogP contribution in [0.15, 0.2) is 40.9 Å². The molecule has 0 saturated carbocycles. The molecular weight excluding hydrogens is 337 g/mol. The van der Waals surface area contributed by atoms with Crippen LogP contribution in [0.4, 0.5) is 19.0 Å². The van der Waals surface area contributed by atoms with Gasteiger partial charge in [-0.05, 0) is 32.0 Å². The molecule has 0 saturated heterocycles. The summed E-state index contributed by atoms with van der Waals surface area (Å²) in [5.74, 6) is -0.364. The molecule has 1 amide bonds. The van der Waals surface area contributed by atoms with Gasteiger partial charge in [-0.15, -0.1) is 0 Å². The molecule has 0 fully saturated rings. The van der Waals surface area contributed by atoms with Crippen molar-refractivity contribution in [3.63, 3.8) is 0 Å². The Hall–Kier alpha value is -3.10. The van der Waals surface area contributed by atoms with Gasteiger partial charge in [-0.3, -0.25) is 4.79 Å². The van der Waals surface area contributed by atoms with Crippen LogP contribution in [0.25, 0.3) is 5.69 Å². The predicted molar refractivity (Wildman–Crippen MR) is 82.5 cm³/mol. The van der Waals surface area contributed by atoms with E-state index in [0.29, 0.717) is 11.4 Å². The van der Waals surface area contributed by atoms with E-state index in [1.807, 2.05) is 0 Å². The first kappa shape index (κ1) is 16.7. The molecule has 2 heterocycles. The van der Waals surface area contributed by atoms with E-state index in [0.717, 1.165) is 12.1 Å². The molecular formula is C16H13F3N4O2. The number of hydrogen-bond donors (Lipinski definition) is 1. The molecule has 1 aromatic carbocycles. The Morgan fingerprint density at radius 2 is 1.92 bits per heavy atom. The van der Waals surface area contributed by atoms with Gasteiger partial charge in [0.2, 0.25) is 5.76 Å². The lowest BCUT2D eigenvalue weighted by atomic mass is 10.2. The van der Waals surface area contributed by atoms with Gasteiger partial charge in [0.15, 0.2) is 0 Å². The average Bonchev–Trinajstić information content (AvgIpc) is 3.12. The molecule has 0 aliphatic rings. The van der Waals surface area contributed by atoms with Crippen molar-refractivity contribution in [2.45, 2.75) is 20.0 Å². The van der Waals surface area contributed by atoms with Crippen molar-refractivity contribution in [2.75, 3.05) is 5.32 Å². The summed E-state index contributed by atoms with van der Waals surface area (Å²) in [5, 5.41) is 10.3. The summed E-state index contributed by atoms with van der Waals surface area (Å²) in [6, 6.07) is 7.67. The van der Waals surface area contributed by atoms with Crippen LogP contribution in [0.5, 0.6) is 0 Å². The standard InChI is InChI=1S/C16H13F3N4O2/c1-9-7-14(20-15(24)13-6-10(2)22-25-13)23(21-9)12-5-3-4-11(8-12)16(17,18)19/h3-8H,1-2H3,(H,20,24). The van der Waals surface area contributed by atoms with Crippen molar-refractivity contribution in [2.24, 2.45) is 0 Å². The highest BCUT2D eigenvalue weighted by Crippen LogP contribution is 2.31. The first-order valence-corrected chi connectivity index (χ1v) is 7.23. The largest absolute Gasteiger partial charge is 0.416 e. The fourth-order valence-electron chi connectivity index (χ4n) is 2.25. The smallest absolute Gasteiger partial charge is 0.351 e. The molecule has 3 aromatic rings. The first-order valence-electron chi connectivity index (χ1n) is 7.23. The van der Waals surface area contributed by atoms with Crippen LogP contribution in [0.2, 0.25) is 0 Å². The monoisotopic (exact) mass is 350 g/mol. The fourth-order valence-corrected chi connectivity index (χ4v) is 2.25. The normalized spacial score (nSPS) is 11.6. The minimum atomic E-state index is -4.47. The topological polar surface area (TPSA) is 73.0 Å². The Labute approximate surface area is 140 Å². The lowest BCUT2D eigenvalue weighted by molar-refractivity contribution is -0.137. The van der Waals surface area contributed by atoms with Gasteiger partial charge in [0.05, 0.1) is 22.6 Å². The van der Waals surface area contributed by atoms with Gasteiger partial charge in [-0.1, -0.05) is 11.2 Å². The van der Waals surface area contributed by atoms with E-state index in [-0.39, 0.29) is 17.3 Å². The SMILES string of the molecule is Cc1cc(C(=O)Nc2cc(C)nn2-c2cccc(C(F)(F)F)c2)on1. The number of anilines is 1. The van der Waals surface area contributed by atoms with Crippen LogP contribution < -0.4 is 5.32 Å². The quantitative estimate of drug-likeness (QED) is 0.781. The van der Waals surface area contributed by atoms with Gasteiger partial charge in [0, 0.05) is 12.1 Å². The molecule has 0 aliphatic carbocycles. The molecule has 0 bridgehead atoms. The highest BCUT2D eigenvalue weighted by Gasteiger charge is 2.30. The molecule has 0 unspecified atom stereocenters. The summed E-state index contributed by atoms with van der Waals surface area (Å²) in [6.07, 6.45) is -4.47. The molecule has 0 atom stereocenters. The third kappa shape index (κ3) is 3.54. The minimum absolute atomic E-state index is 0.00746. The van der Waals surface area contributed by atoms with Crippen LogP contribution in [-0.4, -0.2) is 20.8 Å². The van der Waals surface area contributed by atoms with Crippen LogP contribution in [-0.2, 0) is 6.18 Å². The zero-order valence-corrected chi connectivity index (χ0v) is 13.3. The van der Waals surface area contributed by atoms with Gasteiger partial charge < -0.3 is 9.84 Å².